The smallest absolute Gasteiger partial charge is 0.271 e. The molecule has 1 N–H and O–H groups in total. The molecule has 0 saturated heterocycles. The third-order valence-electron chi connectivity index (χ3n) is 4.19. The average Bonchev–Trinajstić information content (AvgIpc) is 3.38. The van der Waals surface area contributed by atoms with Crippen LogP contribution in [-0.2, 0) is 6.54 Å². The molecule has 0 bridgehead atoms. The van der Waals surface area contributed by atoms with Crippen LogP contribution in [0.4, 0.5) is 4.39 Å². The number of carbonyl (C=O) groups is 1. The van der Waals surface area contributed by atoms with Crippen molar-refractivity contribution in [2.45, 2.75) is 6.54 Å². The van der Waals surface area contributed by atoms with Crippen molar-refractivity contribution in [1.29, 1.82) is 0 Å². The molecule has 9 heteroatoms. The minimum Gasteiger partial charge on any atom is -0.494 e. The zero-order valence-electron chi connectivity index (χ0n) is 14.6. The molecular weight excluding hydrogens is 369 g/mol. The van der Waals surface area contributed by atoms with Gasteiger partial charge in [0.1, 0.15) is 5.69 Å². The number of H-pyrrole nitrogens is 1. The van der Waals surface area contributed by atoms with E-state index in [0.717, 1.165) is 5.69 Å². The lowest BCUT2D eigenvalue weighted by atomic mass is 10.1. The molecule has 0 fully saturated rings. The van der Waals surface area contributed by atoms with Gasteiger partial charge in [-0.2, -0.15) is 5.10 Å². The highest BCUT2D eigenvalue weighted by atomic mass is 32.1. The normalized spacial score (nSPS) is 11.1. The summed E-state index contributed by atoms with van der Waals surface area (Å²) in [6.07, 6.45) is 3.39. The summed E-state index contributed by atoms with van der Waals surface area (Å²) in [7, 11) is 3.14. The number of amides is 1. The standard InChI is InChI=1S/C18H16FN5O2S/c1-23(8-12-5-6-20-22-12)17(25)15-10-27-18-21-14(9-24(15)18)11-3-4-16(26-2)13(19)7-11/h3-7,9-10H,8H2,1-2H3,(H,20,22). The number of aromatic nitrogens is 4. The van der Waals surface area contributed by atoms with Gasteiger partial charge in [-0.3, -0.25) is 14.3 Å². The molecule has 27 heavy (non-hydrogen) atoms. The molecule has 3 aromatic heterocycles. The first kappa shape index (κ1) is 17.2. The summed E-state index contributed by atoms with van der Waals surface area (Å²) in [5.41, 5.74) is 2.56. The number of nitrogens with one attached hydrogen (secondary N) is 1. The monoisotopic (exact) mass is 385 g/mol. The highest BCUT2D eigenvalue weighted by molar-refractivity contribution is 7.15. The Bertz CT molecular complexity index is 1100. The minimum atomic E-state index is -0.457. The first-order chi connectivity index (χ1) is 13.1. The van der Waals surface area contributed by atoms with Crippen molar-refractivity contribution in [3.05, 3.63) is 59.2 Å². The number of ether oxygens (including phenoxy) is 1. The van der Waals surface area contributed by atoms with Gasteiger partial charge in [-0.05, 0) is 24.3 Å². The number of rotatable bonds is 5. The predicted molar refractivity (Wildman–Crippen MR) is 99.4 cm³/mol. The van der Waals surface area contributed by atoms with Gasteiger partial charge in [0.15, 0.2) is 16.5 Å². The molecule has 4 aromatic rings. The van der Waals surface area contributed by atoms with E-state index >= 15 is 0 Å². The van der Waals surface area contributed by atoms with Crippen LogP contribution in [0.5, 0.6) is 5.75 Å². The number of carbonyl (C=O) groups excluding carboxylic acids is 1. The minimum absolute atomic E-state index is 0.138. The Balaban J connectivity index is 1.64. The quantitative estimate of drug-likeness (QED) is 0.572. The van der Waals surface area contributed by atoms with Crippen molar-refractivity contribution in [1.82, 2.24) is 24.5 Å². The summed E-state index contributed by atoms with van der Waals surface area (Å²) in [6, 6.07) is 6.49. The first-order valence-corrected chi connectivity index (χ1v) is 8.99. The Morgan fingerprint density at radius 3 is 2.96 bits per heavy atom. The van der Waals surface area contributed by atoms with E-state index in [1.54, 1.807) is 46.3 Å². The number of nitrogens with zero attached hydrogens (tertiary/aromatic N) is 4. The van der Waals surface area contributed by atoms with Gasteiger partial charge in [0.2, 0.25) is 0 Å². The molecule has 1 aromatic carbocycles. The largest absolute Gasteiger partial charge is 0.494 e. The van der Waals surface area contributed by atoms with Crippen LogP contribution < -0.4 is 4.74 Å². The molecule has 0 unspecified atom stereocenters. The number of thiazole rings is 1. The van der Waals surface area contributed by atoms with Gasteiger partial charge < -0.3 is 9.64 Å². The van der Waals surface area contributed by atoms with E-state index in [1.165, 1.54) is 24.5 Å². The first-order valence-electron chi connectivity index (χ1n) is 8.11. The summed E-state index contributed by atoms with van der Waals surface area (Å²) < 4.78 is 20.7. The predicted octanol–water partition coefficient (Wildman–Crippen LogP) is 3.21. The molecule has 138 valence electrons. The second kappa shape index (κ2) is 6.84. The van der Waals surface area contributed by atoms with E-state index in [1.807, 2.05) is 6.07 Å². The Morgan fingerprint density at radius 2 is 2.26 bits per heavy atom. The van der Waals surface area contributed by atoms with Crippen LogP contribution in [0.2, 0.25) is 0 Å². The number of halogens is 1. The molecule has 0 aliphatic rings. The molecule has 3 heterocycles. The second-order valence-corrected chi connectivity index (χ2v) is 6.83. The number of imidazole rings is 1. The highest BCUT2D eigenvalue weighted by Gasteiger charge is 2.19. The van der Waals surface area contributed by atoms with E-state index in [-0.39, 0.29) is 11.7 Å². The Morgan fingerprint density at radius 1 is 1.41 bits per heavy atom. The van der Waals surface area contributed by atoms with Gasteiger partial charge in [-0.1, -0.05) is 0 Å². The van der Waals surface area contributed by atoms with Crippen LogP contribution in [0.3, 0.4) is 0 Å². The van der Waals surface area contributed by atoms with Gasteiger partial charge in [-0.15, -0.1) is 11.3 Å². The number of aromatic amines is 1. The van der Waals surface area contributed by atoms with Gasteiger partial charge in [-0.25, -0.2) is 9.37 Å². The van der Waals surface area contributed by atoms with E-state index in [0.29, 0.717) is 28.5 Å². The van der Waals surface area contributed by atoms with Crippen molar-refractivity contribution in [2.75, 3.05) is 14.2 Å². The van der Waals surface area contributed by atoms with E-state index in [9.17, 15) is 9.18 Å². The second-order valence-electron chi connectivity index (χ2n) is 5.99. The Labute approximate surface area is 158 Å². The maximum Gasteiger partial charge on any atom is 0.271 e. The molecule has 7 nitrogen and oxygen atoms in total. The fourth-order valence-electron chi connectivity index (χ4n) is 2.80. The molecule has 0 aliphatic carbocycles. The number of hydrogen-bond donors (Lipinski definition) is 1. The van der Waals surface area contributed by atoms with Crippen LogP contribution in [0.25, 0.3) is 16.2 Å². The van der Waals surface area contributed by atoms with Crippen molar-refractivity contribution in [2.24, 2.45) is 0 Å². The van der Waals surface area contributed by atoms with Crippen molar-refractivity contribution in [3.63, 3.8) is 0 Å². The molecule has 4 rings (SSSR count). The van der Waals surface area contributed by atoms with E-state index in [4.69, 9.17) is 4.74 Å². The lowest BCUT2D eigenvalue weighted by Gasteiger charge is -2.15. The van der Waals surface area contributed by atoms with Gasteiger partial charge >= 0.3 is 0 Å². The number of fused-ring (bicyclic) bond motifs is 1. The summed E-state index contributed by atoms with van der Waals surface area (Å²) in [4.78, 5) is 19.6. The summed E-state index contributed by atoms with van der Waals surface area (Å²) >= 11 is 1.36. The third-order valence-corrected chi connectivity index (χ3v) is 5.03. The topological polar surface area (TPSA) is 75.5 Å². The highest BCUT2D eigenvalue weighted by Crippen LogP contribution is 2.27. The molecular formula is C18H16FN5O2S. The Hall–Kier alpha value is -3.20. The van der Waals surface area contributed by atoms with E-state index < -0.39 is 5.82 Å². The van der Waals surface area contributed by atoms with Crippen LogP contribution in [-0.4, -0.2) is 44.5 Å². The molecule has 0 aliphatic heterocycles. The van der Waals surface area contributed by atoms with Crippen LogP contribution in [0, 0.1) is 5.82 Å². The lowest BCUT2D eigenvalue weighted by molar-refractivity contribution is 0.0777. The van der Waals surface area contributed by atoms with Crippen LogP contribution in [0.15, 0.2) is 42.0 Å². The molecule has 1 amide bonds. The summed E-state index contributed by atoms with van der Waals surface area (Å²) in [6.45, 7) is 0.418. The van der Waals surface area contributed by atoms with Gasteiger partial charge in [0.25, 0.3) is 5.91 Å². The van der Waals surface area contributed by atoms with Crippen molar-refractivity contribution in [3.8, 4) is 17.0 Å². The maximum absolute atomic E-state index is 14.0. The fraction of sp³-hybridized carbons (Fsp3) is 0.167. The Kier molecular flexibility index (Phi) is 4.36. The number of methoxy groups -OCH3 is 1. The lowest BCUT2D eigenvalue weighted by Crippen LogP contribution is -2.27. The number of hydrogen-bond acceptors (Lipinski definition) is 5. The molecule has 0 atom stereocenters. The molecule has 0 radical (unpaired) electrons. The SMILES string of the molecule is COc1ccc(-c2cn3c(C(=O)N(C)Cc4ccn[nH]4)csc3n2)cc1F. The third kappa shape index (κ3) is 3.17. The fourth-order valence-corrected chi connectivity index (χ4v) is 3.65. The summed E-state index contributed by atoms with van der Waals surface area (Å²) in [5, 5.41) is 8.50. The zero-order valence-corrected chi connectivity index (χ0v) is 15.5. The van der Waals surface area contributed by atoms with Crippen molar-refractivity contribution < 1.29 is 13.9 Å². The van der Waals surface area contributed by atoms with Crippen LogP contribution in [0.1, 0.15) is 16.2 Å². The zero-order chi connectivity index (χ0) is 19.0. The maximum atomic E-state index is 14.0. The van der Waals surface area contributed by atoms with E-state index in [2.05, 4.69) is 15.2 Å². The molecule has 0 saturated carbocycles. The summed E-state index contributed by atoms with van der Waals surface area (Å²) in [5.74, 6) is -0.418. The van der Waals surface area contributed by atoms with Crippen molar-refractivity contribution >= 4 is 22.2 Å². The van der Waals surface area contributed by atoms with Crippen LogP contribution >= 0.6 is 11.3 Å². The van der Waals surface area contributed by atoms with Gasteiger partial charge in [0, 0.05) is 30.4 Å². The number of benzene rings is 1. The average molecular weight is 385 g/mol. The van der Waals surface area contributed by atoms with Gasteiger partial charge in [0.05, 0.1) is 25.0 Å². The molecule has 0 spiro atoms.